The van der Waals surface area contributed by atoms with Crippen LogP contribution in [0, 0.1) is 0 Å². The molecule has 0 atom stereocenters. The van der Waals surface area contributed by atoms with Gasteiger partial charge in [0.1, 0.15) is 5.83 Å². The normalized spacial score (nSPS) is 10.2. The third-order valence-corrected chi connectivity index (χ3v) is 0.939. The molecule has 0 rings (SSSR count). The SMILES string of the molecule is C=C(F)CNS(=O)(=O)[O-].[Li+]. The van der Waals surface area contributed by atoms with E-state index in [0.717, 1.165) is 0 Å². The van der Waals surface area contributed by atoms with Gasteiger partial charge < -0.3 is 4.55 Å². The van der Waals surface area contributed by atoms with Crippen molar-refractivity contribution >= 4 is 10.3 Å². The van der Waals surface area contributed by atoms with Crippen molar-refractivity contribution < 1.29 is 36.2 Å². The van der Waals surface area contributed by atoms with Crippen LogP contribution in [0.5, 0.6) is 0 Å². The zero-order chi connectivity index (χ0) is 7.49. The van der Waals surface area contributed by atoms with Gasteiger partial charge in [-0.2, -0.15) is 0 Å². The van der Waals surface area contributed by atoms with Crippen LogP contribution in [-0.4, -0.2) is 19.5 Å². The van der Waals surface area contributed by atoms with Crippen LogP contribution in [0.15, 0.2) is 12.4 Å². The summed E-state index contributed by atoms with van der Waals surface area (Å²) in [5.74, 6) is -0.894. The molecule has 10 heavy (non-hydrogen) atoms. The van der Waals surface area contributed by atoms with Gasteiger partial charge in [0.15, 0.2) is 10.3 Å². The van der Waals surface area contributed by atoms with Crippen molar-refractivity contribution in [1.82, 2.24) is 4.72 Å². The van der Waals surface area contributed by atoms with E-state index in [1.54, 1.807) is 0 Å². The zero-order valence-corrected chi connectivity index (χ0v) is 6.24. The minimum absolute atomic E-state index is 0. The van der Waals surface area contributed by atoms with Gasteiger partial charge in [0.25, 0.3) is 0 Å². The second-order valence-corrected chi connectivity index (χ2v) is 2.49. The second-order valence-electron chi connectivity index (χ2n) is 1.29. The van der Waals surface area contributed by atoms with Gasteiger partial charge in [-0.25, -0.2) is 17.5 Å². The van der Waals surface area contributed by atoms with E-state index in [1.807, 2.05) is 0 Å². The Balaban J connectivity index is 0. The summed E-state index contributed by atoms with van der Waals surface area (Å²) in [7, 11) is -4.52. The molecule has 4 nitrogen and oxygen atoms in total. The number of nitrogens with one attached hydrogen (secondary N) is 1. The summed E-state index contributed by atoms with van der Waals surface area (Å²) < 4.78 is 41.9. The van der Waals surface area contributed by atoms with E-state index in [0.29, 0.717) is 0 Å². The maximum Gasteiger partial charge on any atom is 1.00 e. The van der Waals surface area contributed by atoms with Crippen molar-refractivity contribution in [3.63, 3.8) is 0 Å². The van der Waals surface area contributed by atoms with Gasteiger partial charge in [-0.15, -0.1) is 0 Å². The summed E-state index contributed by atoms with van der Waals surface area (Å²) in [5, 5.41) is 0. The summed E-state index contributed by atoms with van der Waals surface area (Å²) in [6.07, 6.45) is 0. The molecule has 0 aliphatic rings. The average Bonchev–Trinajstić information content (AvgIpc) is 1.59. The smallest absolute Gasteiger partial charge is 0.735 e. The molecule has 7 heteroatoms. The van der Waals surface area contributed by atoms with Crippen molar-refractivity contribution in [1.29, 1.82) is 0 Å². The number of halogens is 1. The Labute approximate surface area is 70.6 Å². The molecule has 0 spiro atoms. The molecule has 0 radical (unpaired) electrons. The fourth-order valence-corrected chi connectivity index (χ4v) is 0.500. The monoisotopic (exact) mass is 161 g/mol. The summed E-state index contributed by atoms with van der Waals surface area (Å²) in [5.41, 5.74) is 0. The van der Waals surface area contributed by atoms with Crippen LogP contribution in [0.3, 0.4) is 0 Å². The van der Waals surface area contributed by atoms with Crippen LogP contribution < -0.4 is 23.6 Å². The molecule has 54 valence electrons. The molecule has 0 aromatic heterocycles. The summed E-state index contributed by atoms with van der Waals surface area (Å²) in [6, 6.07) is 0. The quantitative estimate of drug-likeness (QED) is 0.345. The number of hydrogen-bond acceptors (Lipinski definition) is 3. The maximum atomic E-state index is 11.6. The van der Waals surface area contributed by atoms with Crippen LogP contribution in [0.1, 0.15) is 0 Å². The Morgan fingerprint density at radius 2 is 2.10 bits per heavy atom. The molecule has 0 aromatic carbocycles. The first-order valence-electron chi connectivity index (χ1n) is 1.95. The number of hydrogen-bond donors (Lipinski definition) is 1. The summed E-state index contributed by atoms with van der Waals surface area (Å²) in [4.78, 5) is 0. The Morgan fingerprint density at radius 3 is 2.20 bits per heavy atom. The van der Waals surface area contributed by atoms with Crippen molar-refractivity contribution in [3.8, 4) is 0 Å². The first-order valence-corrected chi connectivity index (χ1v) is 3.36. The Kier molecular flexibility index (Phi) is 6.23. The maximum absolute atomic E-state index is 11.6. The van der Waals surface area contributed by atoms with Crippen molar-refractivity contribution in [2.75, 3.05) is 6.54 Å². The van der Waals surface area contributed by atoms with Crippen molar-refractivity contribution in [3.05, 3.63) is 12.4 Å². The minimum Gasteiger partial charge on any atom is -0.735 e. The predicted molar refractivity (Wildman–Crippen MR) is 27.9 cm³/mol. The molecular formula is C3H5FLiNO3S. The average molecular weight is 161 g/mol. The van der Waals surface area contributed by atoms with Crippen LogP contribution in [-0.2, 0) is 10.3 Å². The molecule has 0 aliphatic carbocycles. The van der Waals surface area contributed by atoms with Crippen molar-refractivity contribution in [2.24, 2.45) is 0 Å². The first-order chi connectivity index (χ1) is 3.92. The molecule has 0 amide bonds. The molecule has 0 aromatic rings. The summed E-state index contributed by atoms with van der Waals surface area (Å²) >= 11 is 0. The van der Waals surface area contributed by atoms with Gasteiger partial charge in [0.05, 0.1) is 6.54 Å². The fourth-order valence-electron chi connectivity index (χ4n) is 0.167. The van der Waals surface area contributed by atoms with Gasteiger partial charge >= 0.3 is 18.9 Å². The molecule has 0 aliphatic heterocycles. The molecule has 1 N–H and O–H groups in total. The zero-order valence-electron chi connectivity index (χ0n) is 5.43. The van der Waals surface area contributed by atoms with Gasteiger partial charge in [0, 0.05) is 0 Å². The van der Waals surface area contributed by atoms with Gasteiger partial charge in [-0.3, -0.25) is 0 Å². The van der Waals surface area contributed by atoms with Crippen LogP contribution in [0.4, 0.5) is 4.39 Å². The third kappa shape index (κ3) is 11.0. The van der Waals surface area contributed by atoms with E-state index in [2.05, 4.69) is 6.58 Å². The van der Waals surface area contributed by atoms with E-state index >= 15 is 0 Å². The standard InChI is InChI=1S/C3H6FNO3S.Li/c1-3(4)2-5-9(6,7)8;/h5H,1-2H2,(H,6,7,8);/q;+1/p-1. The van der Waals surface area contributed by atoms with E-state index in [4.69, 9.17) is 0 Å². The molecule has 0 unspecified atom stereocenters. The van der Waals surface area contributed by atoms with Crippen molar-refractivity contribution in [2.45, 2.75) is 0 Å². The predicted octanol–water partition coefficient (Wildman–Crippen LogP) is -3.48. The van der Waals surface area contributed by atoms with Gasteiger partial charge in [-0.05, 0) is 0 Å². The molecule has 0 heterocycles. The Morgan fingerprint density at radius 1 is 1.70 bits per heavy atom. The first kappa shape index (κ1) is 12.8. The van der Waals surface area contributed by atoms with E-state index in [9.17, 15) is 17.4 Å². The molecule has 0 fully saturated rings. The Hall–Kier alpha value is 0.137. The molecule has 0 bridgehead atoms. The van der Waals surface area contributed by atoms with Gasteiger partial charge in [-0.1, -0.05) is 6.58 Å². The van der Waals surface area contributed by atoms with Gasteiger partial charge in [0.2, 0.25) is 0 Å². The minimum atomic E-state index is -4.52. The topological polar surface area (TPSA) is 69.2 Å². The van der Waals surface area contributed by atoms with Crippen LogP contribution >= 0.6 is 0 Å². The van der Waals surface area contributed by atoms with Crippen LogP contribution in [0.2, 0.25) is 0 Å². The third-order valence-electron chi connectivity index (χ3n) is 0.441. The summed E-state index contributed by atoms with van der Waals surface area (Å²) in [6.45, 7) is 2.08. The molecule has 0 saturated carbocycles. The largest absolute Gasteiger partial charge is 1.00 e. The number of rotatable bonds is 3. The Bertz CT molecular complexity index is 202. The van der Waals surface area contributed by atoms with Crippen LogP contribution in [0.25, 0.3) is 0 Å². The van der Waals surface area contributed by atoms with E-state index < -0.39 is 22.7 Å². The molecular weight excluding hydrogens is 156 g/mol. The fraction of sp³-hybridized carbons (Fsp3) is 0.333. The van der Waals surface area contributed by atoms with E-state index in [-0.39, 0.29) is 18.9 Å². The molecule has 0 saturated heterocycles. The van der Waals surface area contributed by atoms with E-state index in [1.165, 1.54) is 4.72 Å². The second kappa shape index (κ2) is 4.88.